The summed E-state index contributed by atoms with van der Waals surface area (Å²) in [6.07, 6.45) is 7.28. The molecule has 5 nitrogen and oxygen atoms in total. The Bertz CT molecular complexity index is 960. The Labute approximate surface area is 208 Å². The van der Waals surface area contributed by atoms with E-state index in [1.807, 2.05) is 31.2 Å². The van der Waals surface area contributed by atoms with Crippen LogP contribution < -0.4 is 10.1 Å². The van der Waals surface area contributed by atoms with Crippen LogP contribution in [0.25, 0.3) is 0 Å². The Balaban J connectivity index is 1.13. The predicted molar refractivity (Wildman–Crippen MR) is 135 cm³/mol. The lowest BCUT2D eigenvalue weighted by atomic mass is 9.83. The SMILES string of the molecule is CCOc1ccc(C(=O)N[C@H]2CC[C@H](CCN3CCC(C(=O)c4ccc(F)cc4)CC3)CC2)cc1. The summed E-state index contributed by atoms with van der Waals surface area (Å²) in [6.45, 7) is 5.53. The van der Waals surface area contributed by atoms with Crippen LogP contribution in [0.3, 0.4) is 0 Å². The molecular formula is C29H37FN2O3. The van der Waals surface area contributed by atoms with Gasteiger partial charge in [0.1, 0.15) is 11.6 Å². The van der Waals surface area contributed by atoms with Crippen molar-refractivity contribution in [3.63, 3.8) is 0 Å². The van der Waals surface area contributed by atoms with Crippen LogP contribution in [0.5, 0.6) is 5.75 Å². The monoisotopic (exact) mass is 480 g/mol. The summed E-state index contributed by atoms with van der Waals surface area (Å²) in [6, 6.07) is 13.5. The first-order chi connectivity index (χ1) is 17.0. The second-order valence-electron chi connectivity index (χ2n) is 9.92. The molecule has 0 atom stereocenters. The molecule has 1 aliphatic carbocycles. The van der Waals surface area contributed by atoms with Gasteiger partial charge in [-0.3, -0.25) is 9.59 Å². The van der Waals surface area contributed by atoms with Crippen molar-refractivity contribution in [2.45, 2.75) is 57.9 Å². The summed E-state index contributed by atoms with van der Waals surface area (Å²) in [5, 5.41) is 3.20. The number of likely N-dealkylation sites (tertiary alicyclic amines) is 1. The van der Waals surface area contributed by atoms with Gasteiger partial charge >= 0.3 is 0 Å². The highest BCUT2D eigenvalue weighted by Gasteiger charge is 2.27. The van der Waals surface area contributed by atoms with Crippen molar-refractivity contribution in [1.29, 1.82) is 0 Å². The first-order valence-corrected chi connectivity index (χ1v) is 13.1. The van der Waals surface area contributed by atoms with Gasteiger partial charge in [-0.25, -0.2) is 4.39 Å². The van der Waals surface area contributed by atoms with Crippen molar-refractivity contribution >= 4 is 11.7 Å². The van der Waals surface area contributed by atoms with E-state index in [9.17, 15) is 14.0 Å². The Hall–Kier alpha value is -2.73. The van der Waals surface area contributed by atoms with E-state index in [4.69, 9.17) is 4.74 Å². The van der Waals surface area contributed by atoms with Gasteiger partial charge in [0, 0.05) is 23.1 Å². The van der Waals surface area contributed by atoms with E-state index in [1.165, 1.54) is 18.6 Å². The minimum absolute atomic E-state index is 0.00504. The molecule has 1 amide bonds. The molecule has 0 bridgehead atoms. The smallest absolute Gasteiger partial charge is 0.251 e. The minimum atomic E-state index is -0.305. The zero-order valence-electron chi connectivity index (χ0n) is 20.7. The topological polar surface area (TPSA) is 58.6 Å². The number of hydrogen-bond donors (Lipinski definition) is 1. The fourth-order valence-electron chi connectivity index (χ4n) is 5.37. The van der Waals surface area contributed by atoms with Crippen LogP contribution in [0.15, 0.2) is 48.5 Å². The van der Waals surface area contributed by atoms with Crippen LogP contribution in [-0.2, 0) is 0 Å². The zero-order chi connectivity index (χ0) is 24.6. The third-order valence-corrected chi connectivity index (χ3v) is 7.55. The van der Waals surface area contributed by atoms with Gasteiger partial charge < -0.3 is 15.0 Å². The lowest BCUT2D eigenvalue weighted by molar-refractivity contribution is 0.0832. The molecular weight excluding hydrogens is 443 g/mol. The molecule has 2 aliphatic rings. The Kier molecular flexibility index (Phi) is 8.91. The van der Waals surface area contributed by atoms with Gasteiger partial charge in [-0.1, -0.05) is 0 Å². The number of nitrogens with one attached hydrogen (secondary N) is 1. The Morgan fingerprint density at radius 1 is 0.914 bits per heavy atom. The van der Waals surface area contributed by atoms with E-state index in [2.05, 4.69) is 10.2 Å². The van der Waals surface area contributed by atoms with Crippen molar-refractivity contribution in [3.8, 4) is 5.75 Å². The van der Waals surface area contributed by atoms with Crippen LogP contribution in [0.2, 0.25) is 0 Å². The quantitative estimate of drug-likeness (QED) is 0.482. The molecule has 1 heterocycles. The molecule has 0 unspecified atom stereocenters. The molecule has 188 valence electrons. The number of halogens is 1. The van der Waals surface area contributed by atoms with Gasteiger partial charge in [0.2, 0.25) is 0 Å². The molecule has 0 radical (unpaired) electrons. The van der Waals surface area contributed by atoms with Crippen LogP contribution in [0.4, 0.5) is 4.39 Å². The highest BCUT2D eigenvalue weighted by atomic mass is 19.1. The number of piperidine rings is 1. The molecule has 2 fully saturated rings. The van der Waals surface area contributed by atoms with Gasteiger partial charge in [0.25, 0.3) is 5.91 Å². The fourth-order valence-corrected chi connectivity index (χ4v) is 5.37. The number of amides is 1. The highest BCUT2D eigenvalue weighted by molar-refractivity contribution is 5.97. The van der Waals surface area contributed by atoms with E-state index in [0.29, 0.717) is 23.7 Å². The van der Waals surface area contributed by atoms with Crippen LogP contribution in [0.1, 0.15) is 72.6 Å². The average Bonchev–Trinajstić information content (AvgIpc) is 2.89. The summed E-state index contributed by atoms with van der Waals surface area (Å²) in [5.41, 5.74) is 1.30. The summed E-state index contributed by atoms with van der Waals surface area (Å²) in [5.74, 6) is 1.37. The fraction of sp³-hybridized carbons (Fsp3) is 0.517. The first-order valence-electron chi connectivity index (χ1n) is 13.1. The molecule has 2 aromatic rings. The number of nitrogens with zero attached hydrogens (tertiary/aromatic N) is 1. The number of benzene rings is 2. The Morgan fingerprint density at radius 2 is 1.54 bits per heavy atom. The number of Topliss-reactive ketones (excluding diaryl/α,β-unsaturated/α-hetero) is 1. The van der Waals surface area contributed by atoms with E-state index < -0.39 is 0 Å². The second-order valence-corrected chi connectivity index (χ2v) is 9.92. The number of rotatable bonds is 9. The molecule has 0 spiro atoms. The van der Waals surface area contributed by atoms with Gasteiger partial charge in [0.15, 0.2) is 5.78 Å². The molecule has 35 heavy (non-hydrogen) atoms. The summed E-state index contributed by atoms with van der Waals surface area (Å²) in [7, 11) is 0. The maximum Gasteiger partial charge on any atom is 0.251 e. The normalized spacial score (nSPS) is 21.4. The Morgan fingerprint density at radius 3 is 2.17 bits per heavy atom. The lowest BCUT2D eigenvalue weighted by Gasteiger charge is -2.34. The van der Waals surface area contributed by atoms with Crippen molar-refractivity contribution in [2.75, 3.05) is 26.2 Å². The maximum atomic E-state index is 13.1. The van der Waals surface area contributed by atoms with Crippen molar-refractivity contribution in [3.05, 3.63) is 65.5 Å². The standard InChI is InChI=1S/C29H37FN2O3/c1-2-35-27-13-7-24(8-14-27)29(34)31-26-11-3-21(4-12-26)15-18-32-19-16-23(17-20-32)28(33)22-5-9-25(30)10-6-22/h5-10,13-14,21,23,26H,2-4,11-12,15-20H2,1H3,(H,31,34)/t21-,26-. The largest absolute Gasteiger partial charge is 0.494 e. The van der Waals surface area contributed by atoms with Crippen LogP contribution in [-0.4, -0.2) is 48.9 Å². The van der Waals surface area contributed by atoms with Crippen molar-refractivity contribution in [1.82, 2.24) is 10.2 Å². The van der Waals surface area contributed by atoms with Crippen LogP contribution in [0, 0.1) is 17.7 Å². The molecule has 1 saturated carbocycles. The maximum absolute atomic E-state index is 13.1. The van der Waals surface area contributed by atoms with E-state index in [1.54, 1.807) is 12.1 Å². The van der Waals surface area contributed by atoms with E-state index in [0.717, 1.165) is 63.9 Å². The third-order valence-electron chi connectivity index (χ3n) is 7.55. The number of hydrogen-bond acceptors (Lipinski definition) is 4. The van der Waals surface area contributed by atoms with E-state index >= 15 is 0 Å². The zero-order valence-corrected chi connectivity index (χ0v) is 20.7. The van der Waals surface area contributed by atoms with Crippen LogP contribution >= 0.6 is 0 Å². The first kappa shape index (κ1) is 25.4. The number of ketones is 1. The third kappa shape index (κ3) is 7.14. The molecule has 0 aromatic heterocycles. The van der Waals surface area contributed by atoms with Gasteiger partial charge in [-0.2, -0.15) is 0 Å². The number of carbonyl (C=O) groups is 2. The second kappa shape index (κ2) is 12.3. The predicted octanol–water partition coefficient (Wildman–Crippen LogP) is 5.50. The molecule has 4 rings (SSSR count). The summed E-state index contributed by atoms with van der Waals surface area (Å²) >= 11 is 0. The summed E-state index contributed by atoms with van der Waals surface area (Å²) < 4.78 is 18.6. The summed E-state index contributed by atoms with van der Waals surface area (Å²) in [4.78, 5) is 27.7. The van der Waals surface area contributed by atoms with Gasteiger partial charge in [0.05, 0.1) is 6.61 Å². The number of carbonyl (C=O) groups excluding carboxylic acids is 2. The van der Waals surface area contributed by atoms with Crippen molar-refractivity contribution < 1.29 is 18.7 Å². The molecule has 1 saturated heterocycles. The average molecular weight is 481 g/mol. The number of ether oxygens (including phenoxy) is 1. The van der Waals surface area contributed by atoms with E-state index in [-0.39, 0.29) is 29.5 Å². The van der Waals surface area contributed by atoms with Gasteiger partial charge in [-0.15, -0.1) is 0 Å². The molecule has 2 aromatic carbocycles. The molecule has 6 heteroatoms. The van der Waals surface area contributed by atoms with Gasteiger partial charge in [-0.05, 0) is 126 Å². The van der Waals surface area contributed by atoms with Crippen molar-refractivity contribution in [2.24, 2.45) is 11.8 Å². The minimum Gasteiger partial charge on any atom is -0.494 e. The molecule has 1 N–H and O–H groups in total. The molecule has 1 aliphatic heterocycles. The highest BCUT2D eigenvalue weighted by Crippen LogP contribution is 2.29. The lowest BCUT2D eigenvalue weighted by Crippen LogP contribution is -2.39.